The maximum absolute atomic E-state index is 12.2. The van der Waals surface area contributed by atoms with Gasteiger partial charge in [-0.15, -0.1) is 0 Å². The highest BCUT2D eigenvalue weighted by molar-refractivity contribution is 5.86. The minimum Gasteiger partial charge on any atom is -0.368 e. The van der Waals surface area contributed by atoms with Crippen molar-refractivity contribution in [2.45, 2.75) is 19.3 Å². The van der Waals surface area contributed by atoms with Crippen LogP contribution in [0.25, 0.3) is 10.8 Å². The van der Waals surface area contributed by atoms with E-state index in [0.717, 1.165) is 26.2 Å². The first-order valence-electron chi connectivity index (χ1n) is 8.68. The van der Waals surface area contributed by atoms with E-state index in [1.54, 1.807) is 0 Å². The molecule has 0 bridgehead atoms. The summed E-state index contributed by atoms with van der Waals surface area (Å²) in [5, 5.41) is 2.47. The van der Waals surface area contributed by atoms with Crippen LogP contribution in [0.15, 0.2) is 42.5 Å². The molecule has 1 saturated heterocycles. The zero-order valence-corrected chi connectivity index (χ0v) is 14.3. The summed E-state index contributed by atoms with van der Waals surface area (Å²) < 4.78 is 0. The molecule has 1 fully saturated rings. The zero-order valence-electron chi connectivity index (χ0n) is 14.3. The number of hydrogen-bond donors (Lipinski definition) is 2. The molecular formula is C19H24N4O2. The van der Waals surface area contributed by atoms with Crippen LogP contribution in [0.4, 0.5) is 5.69 Å². The molecule has 3 N–H and O–H groups in total. The van der Waals surface area contributed by atoms with Gasteiger partial charge in [-0.1, -0.05) is 30.3 Å². The molecule has 6 heteroatoms. The number of carbonyl (C=O) groups excluding carboxylic acids is 2. The second-order valence-electron chi connectivity index (χ2n) is 6.32. The molecule has 0 radical (unpaired) electrons. The molecule has 0 aliphatic carbocycles. The number of benzene rings is 2. The number of rotatable bonds is 5. The van der Waals surface area contributed by atoms with Crippen LogP contribution in [0.3, 0.4) is 0 Å². The Hall–Kier alpha value is -2.60. The third-order valence-corrected chi connectivity index (χ3v) is 4.69. The molecule has 2 aromatic rings. The molecule has 3 rings (SSSR count). The number of anilines is 1. The predicted molar refractivity (Wildman–Crippen MR) is 98.9 cm³/mol. The fraction of sp³-hybridized carbons (Fsp3) is 0.368. The smallest absolute Gasteiger partial charge is 0.233 e. The first-order valence-corrected chi connectivity index (χ1v) is 8.68. The van der Waals surface area contributed by atoms with Gasteiger partial charge in [-0.3, -0.25) is 15.0 Å². The van der Waals surface area contributed by atoms with Gasteiger partial charge in [-0.25, -0.2) is 5.84 Å². The lowest BCUT2D eigenvalue weighted by molar-refractivity contribution is -0.131. The number of nitrogens with zero attached hydrogens (tertiary/aromatic N) is 2. The lowest BCUT2D eigenvalue weighted by atomic mass is 10.1. The van der Waals surface area contributed by atoms with Crippen LogP contribution < -0.4 is 16.2 Å². The molecule has 0 unspecified atom stereocenters. The number of nitrogens with one attached hydrogen (secondary N) is 1. The lowest BCUT2D eigenvalue weighted by Crippen LogP contribution is -2.48. The summed E-state index contributed by atoms with van der Waals surface area (Å²) in [6, 6.07) is 14.8. The first kappa shape index (κ1) is 17.2. The highest BCUT2D eigenvalue weighted by Gasteiger charge is 2.21. The Kier molecular flexibility index (Phi) is 5.50. The van der Waals surface area contributed by atoms with Crippen LogP contribution in [0.2, 0.25) is 0 Å². The molecule has 0 spiro atoms. The summed E-state index contributed by atoms with van der Waals surface area (Å²) in [6.07, 6.45) is 1.22. The number of hydrogen-bond acceptors (Lipinski definition) is 4. The highest BCUT2D eigenvalue weighted by atomic mass is 16.2. The molecule has 25 heavy (non-hydrogen) atoms. The van der Waals surface area contributed by atoms with Gasteiger partial charge in [0.05, 0.1) is 0 Å². The van der Waals surface area contributed by atoms with Gasteiger partial charge in [0.2, 0.25) is 11.8 Å². The normalized spacial score (nSPS) is 14.6. The van der Waals surface area contributed by atoms with Crippen LogP contribution in [-0.2, 0) is 9.59 Å². The second-order valence-corrected chi connectivity index (χ2v) is 6.32. The van der Waals surface area contributed by atoms with Crippen LogP contribution in [-0.4, -0.2) is 42.9 Å². The predicted octanol–water partition coefficient (Wildman–Crippen LogP) is 1.65. The quantitative estimate of drug-likeness (QED) is 0.493. The van der Waals surface area contributed by atoms with Gasteiger partial charge < -0.3 is 9.80 Å². The number of nitrogens with two attached hydrogens (primary N) is 1. The number of carbonyl (C=O) groups is 2. The average molecular weight is 340 g/mol. The molecule has 0 aromatic heterocycles. The van der Waals surface area contributed by atoms with E-state index in [-0.39, 0.29) is 11.8 Å². The highest BCUT2D eigenvalue weighted by Crippen LogP contribution is 2.23. The molecule has 2 amide bonds. The fourth-order valence-electron chi connectivity index (χ4n) is 3.22. The number of amides is 2. The Morgan fingerprint density at radius 3 is 2.40 bits per heavy atom. The third kappa shape index (κ3) is 4.28. The molecule has 1 aliphatic rings. The van der Waals surface area contributed by atoms with Crippen LogP contribution >= 0.6 is 0 Å². The van der Waals surface area contributed by atoms with Crippen molar-refractivity contribution in [3.63, 3.8) is 0 Å². The Labute approximate surface area is 147 Å². The van der Waals surface area contributed by atoms with E-state index < -0.39 is 0 Å². The maximum atomic E-state index is 12.2. The van der Waals surface area contributed by atoms with Crippen molar-refractivity contribution in [1.29, 1.82) is 0 Å². The fourth-order valence-corrected chi connectivity index (χ4v) is 3.22. The summed E-state index contributed by atoms with van der Waals surface area (Å²) in [5.41, 5.74) is 3.28. The van der Waals surface area contributed by atoms with Gasteiger partial charge in [0.25, 0.3) is 0 Å². The van der Waals surface area contributed by atoms with E-state index in [0.29, 0.717) is 19.3 Å². The van der Waals surface area contributed by atoms with E-state index in [9.17, 15) is 9.59 Å². The van der Waals surface area contributed by atoms with E-state index >= 15 is 0 Å². The van der Waals surface area contributed by atoms with Crippen molar-refractivity contribution in [2.75, 3.05) is 31.1 Å². The molecule has 2 aromatic carbocycles. The van der Waals surface area contributed by atoms with Crippen LogP contribution in [0.5, 0.6) is 0 Å². The van der Waals surface area contributed by atoms with Gasteiger partial charge >= 0.3 is 0 Å². The molecule has 1 aliphatic heterocycles. The van der Waals surface area contributed by atoms with Crippen molar-refractivity contribution in [2.24, 2.45) is 5.84 Å². The third-order valence-electron chi connectivity index (χ3n) is 4.69. The summed E-state index contributed by atoms with van der Waals surface area (Å²) >= 11 is 0. The Bertz CT molecular complexity index is 754. The van der Waals surface area contributed by atoms with Crippen molar-refractivity contribution in [3.05, 3.63) is 42.5 Å². The Morgan fingerprint density at radius 2 is 1.68 bits per heavy atom. The first-order chi connectivity index (χ1) is 12.2. The SMILES string of the molecule is NNC(=O)CCCC(=O)N1CCN(c2ccc3ccccc3c2)CC1. The van der Waals surface area contributed by atoms with Crippen molar-refractivity contribution < 1.29 is 9.59 Å². The van der Waals surface area contributed by atoms with Gasteiger partial charge in [0.1, 0.15) is 0 Å². The molecule has 1 heterocycles. The largest absolute Gasteiger partial charge is 0.368 e. The van der Waals surface area contributed by atoms with E-state index in [1.807, 2.05) is 17.0 Å². The van der Waals surface area contributed by atoms with Gasteiger partial charge in [0, 0.05) is 44.7 Å². The van der Waals surface area contributed by atoms with Gasteiger partial charge in [-0.2, -0.15) is 0 Å². The minimum absolute atomic E-state index is 0.114. The monoisotopic (exact) mass is 340 g/mol. The molecule has 0 saturated carbocycles. The van der Waals surface area contributed by atoms with Crippen molar-refractivity contribution in [1.82, 2.24) is 10.3 Å². The minimum atomic E-state index is -0.228. The van der Waals surface area contributed by atoms with Crippen LogP contribution in [0, 0.1) is 0 Å². The van der Waals surface area contributed by atoms with Crippen molar-refractivity contribution in [3.8, 4) is 0 Å². The standard InChI is InChI=1S/C19H24N4O2/c20-21-18(24)6-3-7-19(25)23-12-10-22(11-13-23)17-9-8-15-4-1-2-5-16(15)14-17/h1-2,4-5,8-9,14H,3,6-7,10-13,20H2,(H,21,24). The topological polar surface area (TPSA) is 78.7 Å². The number of hydrazine groups is 1. The Morgan fingerprint density at radius 1 is 0.960 bits per heavy atom. The molecule has 0 atom stereocenters. The zero-order chi connectivity index (χ0) is 17.6. The van der Waals surface area contributed by atoms with E-state index in [2.05, 4.69) is 40.7 Å². The lowest BCUT2D eigenvalue weighted by Gasteiger charge is -2.36. The second kappa shape index (κ2) is 7.98. The Balaban J connectivity index is 1.52. The summed E-state index contributed by atoms with van der Waals surface area (Å²) in [5.74, 6) is 4.92. The average Bonchev–Trinajstić information content (AvgIpc) is 2.67. The van der Waals surface area contributed by atoms with E-state index in [4.69, 9.17) is 5.84 Å². The maximum Gasteiger partial charge on any atom is 0.233 e. The summed E-state index contributed by atoms with van der Waals surface area (Å²) in [7, 11) is 0. The summed E-state index contributed by atoms with van der Waals surface area (Å²) in [6.45, 7) is 3.09. The van der Waals surface area contributed by atoms with Gasteiger partial charge in [-0.05, 0) is 29.3 Å². The molecule has 132 valence electrons. The molecular weight excluding hydrogens is 316 g/mol. The summed E-state index contributed by atoms with van der Waals surface area (Å²) in [4.78, 5) is 27.5. The van der Waals surface area contributed by atoms with Crippen molar-refractivity contribution >= 4 is 28.3 Å². The number of piperazine rings is 1. The van der Waals surface area contributed by atoms with Gasteiger partial charge in [0.15, 0.2) is 0 Å². The van der Waals surface area contributed by atoms with Crippen LogP contribution in [0.1, 0.15) is 19.3 Å². The number of fused-ring (bicyclic) bond motifs is 1. The molecule has 6 nitrogen and oxygen atoms in total. The van der Waals surface area contributed by atoms with E-state index in [1.165, 1.54) is 16.5 Å².